The topological polar surface area (TPSA) is 64.1 Å². The summed E-state index contributed by atoms with van der Waals surface area (Å²) < 4.78 is 5.20. The van der Waals surface area contributed by atoms with Crippen molar-refractivity contribution in [2.75, 3.05) is 7.11 Å². The van der Waals surface area contributed by atoms with E-state index in [9.17, 15) is 4.79 Å². The average molecular weight is 312 g/mol. The number of nitrogens with one attached hydrogen (secondary N) is 1. The van der Waals surface area contributed by atoms with Crippen LogP contribution in [0.5, 0.6) is 5.75 Å². The van der Waals surface area contributed by atoms with Gasteiger partial charge in [0.15, 0.2) is 0 Å². The van der Waals surface area contributed by atoms with Gasteiger partial charge in [-0.2, -0.15) is 0 Å². The first-order chi connectivity index (χ1) is 9.61. The van der Waals surface area contributed by atoms with Crippen LogP contribution in [0.3, 0.4) is 0 Å². The molecule has 104 valence electrons. The lowest BCUT2D eigenvalue weighted by atomic mass is 10.2. The van der Waals surface area contributed by atoms with Gasteiger partial charge in [-0.1, -0.05) is 29.3 Å². The van der Waals surface area contributed by atoms with E-state index in [0.29, 0.717) is 16.3 Å². The predicted octanol–water partition coefficient (Wildman–Crippen LogP) is 2.72. The minimum absolute atomic E-state index is 0.181. The summed E-state index contributed by atoms with van der Waals surface area (Å²) >= 11 is 11.7. The summed E-state index contributed by atoms with van der Waals surface area (Å²) in [5, 5.41) is 3.45. The van der Waals surface area contributed by atoms with Gasteiger partial charge in [0, 0.05) is 17.1 Å². The van der Waals surface area contributed by atoms with Crippen molar-refractivity contribution < 1.29 is 9.53 Å². The molecule has 7 heteroatoms. The minimum Gasteiger partial charge on any atom is -0.496 e. The molecule has 1 aromatic heterocycles. The molecular formula is C13H11Cl2N3O2. The van der Waals surface area contributed by atoms with Crippen LogP contribution >= 0.6 is 23.2 Å². The van der Waals surface area contributed by atoms with Crippen molar-refractivity contribution in [1.82, 2.24) is 15.3 Å². The number of carbonyl (C=O) groups excluding carboxylic acids is 1. The first-order valence-electron chi connectivity index (χ1n) is 5.69. The number of aromatic nitrogens is 2. The zero-order chi connectivity index (χ0) is 14.5. The Balaban J connectivity index is 2.09. The quantitative estimate of drug-likeness (QED) is 0.943. The summed E-state index contributed by atoms with van der Waals surface area (Å²) in [4.78, 5) is 19.6. The van der Waals surface area contributed by atoms with Crippen molar-refractivity contribution >= 4 is 29.1 Å². The molecule has 0 bridgehead atoms. The predicted molar refractivity (Wildman–Crippen MR) is 76.2 cm³/mol. The number of hydrogen-bond acceptors (Lipinski definition) is 4. The molecule has 0 spiro atoms. The van der Waals surface area contributed by atoms with E-state index in [2.05, 4.69) is 15.3 Å². The highest BCUT2D eigenvalue weighted by molar-refractivity contribution is 6.31. The number of ether oxygens (including phenoxy) is 1. The Bertz CT molecular complexity index is 618. The first-order valence-corrected chi connectivity index (χ1v) is 6.44. The molecule has 0 saturated carbocycles. The number of halogens is 2. The molecule has 20 heavy (non-hydrogen) atoms. The second kappa shape index (κ2) is 6.54. The van der Waals surface area contributed by atoms with Gasteiger partial charge in [0.2, 0.25) is 0 Å². The normalized spacial score (nSPS) is 10.2. The smallest absolute Gasteiger partial charge is 0.271 e. The fraction of sp³-hybridized carbons (Fsp3) is 0.154. The van der Waals surface area contributed by atoms with E-state index in [-0.39, 0.29) is 23.3 Å². The average Bonchev–Trinajstić information content (AvgIpc) is 2.46. The highest BCUT2D eigenvalue weighted by Gasteiger charge is 2.11. The van der Waals surface area contributed by atoms with Crippen molar-refractivity contribution in [3.63, 3.8) is 0 Å². The molecule has 0 unspecified atom stereocenters. The molecule has 5 nitrogen and oxygen atoms in total. The minimum atomic E-state index is -0.365. The molecule has 0 saturated heterocycles. The Morgan fingerprint density at radius 1 is 1.30 bits per heavy atom. The maximum Gasteiger partial charge on any atom is 0.271 e. The van der Waals surface area contributed by atoms with Crippen molar-refractivity contribution in [3.8, 4) is 5.75 Å². The fourth-order valence-electron chi connectivity index (χ4n) is 1.59. The Kier molecular flexibility index (Phi) is 4.76. The van der Waals surface area contributed by atoms with Crippen LogP contribution < -0.4 is 10.1 Å². The van der Waals surface area contributed by atoms with Crippen LogP contribution in [0.2, 0.25) is 10.2 Å². The van der Waals surface area contributed by atoms with Crippen molar-refractivity contribution in [2.45, 2.75) is 6.54 Å². The Morgan fingerprint density at radius 3 is 2.75 bits per heavy atom. The monoisotopic (exact) mass is 311 g/mol. The molecule has 0 fully saturated rings. The zero-order valence-electron chi connectivity index (χ0n) is 10.6. The molecule has 0 aliphatic carbocycles. The molecule has 0 aliphatic rings. The molecule has 1 N–H and O–H groups in total. The van der Waals surface area contributed by atoms with Crippen LogP contribution in [0.15, 0.2) is 30.6 Å². The summed E-state index contributed by atoms with van der Waals surface area (Å²) in [7, 11) is 1.54. The van der Waals surface area contributed by atoms with Gasteiger partial charge in [-0.25, -0.2) is 9.97 Å². The third-order valence-corrected chi connectivity index (χ3v) is 3.12. The molecule has 1 amide bonds. The number of hydrogen-bond donors (Lipinski definition) is 1. The number of rotatable bonds is 4. The number of nitrogens with zero attached hydrogens (tertiary/aromatic N) is 2. The molecule has 2 aromatic rings. The van der Waals surface area contributed by atoms with E-state index in [1.807, 2.05) is 0 Å². The largest absolute Gasteiger partial charge is 0.496 e. The molecular weight excluding hydrogens is 301 g/mol. The highest BCUT2D eigenvalue weighted by Crippen LogP contribution is 2.25. The Labute approximate surface area is 125 Å². The van der Waals surface area contributed by atoms with Crippen LogP contribution in [0.1, 0.15) is 16.1 Å². The van der Waals surface area contributed by atoms with Gasteiger partial charge in [0.1, 0.15) is 16.6 Å². The van der Waals surface area contributed by atoms with E-state index < -0.39 is 0 Å². The molecule has 0 aliphatic heterocycles. The number of carbonyl (C=O) groups is 1. The van der Waals surface area contributed by atoms with Crippen LogP contribution in [0.4, 0.5) is 0 Å². The van der Waals surface area contributed by atoms with E-state index in [0.717, 1.165) is 0 Å². The first kappa shape index (κ1) is 14.6. The van der Waals surface area contributed by atoms with Gasteiger partial charge in [0.25, 0.3) is 5.91 Å². The van der Waals surface area contributed by atoms with Crippen molar-refractivity contribution in [1.29, 1.82) is 0 Å². The second-order valence-corrected chi connectivity index (χ2v) is 4.62. The zero-order valence-corrected chi connectivity index (χ0v) is 12.1. The van der Waals surface area contributed by atoms with Gasteiger partial charge < -0.3 is 10.1 Å². The fourth-order valence-corrected chi connectivity index (χ4v) is 1.92. The lowest BCUT2D eigenvalue weighted by Gasteiger charge is -2.11. The maximum atomic E-state index is 11.9. The summed E-state index contributed by atoms with van der Waals surface area (Å²) in [5.74, 6) is 0.246. The van der Waals surface area contributed by atoms with Crippen molar-refractivity contribution in [3.05, 3.63) is 52.0 Å². The van der Waals surface area contributed by atoms with Crippen LogP contribution in [-0.4, -0.2) is 23.0 Å². The Morgan fingerprint density at radius 2 is 2.10 bits per heavy atom. The van der Waals surface area contributed by atoms with E-state index in [4.69, 9.17) is 27.9 Å². The number of amides is 1. The molecule has 1 heterocycles. The molecule has 0 radical (unpaired) electrons. The van der Waals surface area contributed by atoms with Gasteiger partial charge in [-0.05, 0) is 12.1 Å². The van der Waals surface area contributed by atoms with E-state index in [1.165, 1.54) is 12.4 Å². The maximum absolute atomic E-state index is 11.9. The molecule has 1 aromatic carbocycles. The van der Waals surface area contributed by atoms with Crippen LogP contribution in [0, 0.1) is 0 Å². The van der Waals surface area contributed by atoms with Crippen LogP contribution in [0.25, 0.3) is 0 Å². The standard InChI is InChI=1S/C13H11Cl2N3O2/c1-20-11-4-2-3-9(14)8(11)5-18-13(19)10-6-17-12(15)7-16-10/h2-4,6-7H,5H2,1H3,(H,18,19). The lowest BCUT2D eigenvalue weighted by molar-refractivity contribution is 0.0945. The number of methoxy groups -OCH3 is 1. The highest BCUT2D eigenvalue weighted by atomic mass is 35.5. The third kappa shape index (κ3) is 3.37. The summed E-state index contributed by atoms with van der Waals surface area (Å²) in [6.07, 6.45) is 2.62. The van der Waals surface area contributed by atoms with Crippen LogP contribution in [-0.2, 0) is 6.54 Å². The van der Waals surface area contributed by atoms with Gasteiger partial charge in [0.05, 0.1) is 19.5 Å². The SMILES string of the molecule is COc1cccc(Cl)c1CNC(=O)c1cnc(Cl)cn1. The van der Waals surface area contributed by atoms with E-state index >= 15 is 0 Å². The van der Waals surface area contributed by atoms with Gasteiger partial charge in [-0.3, -0.25) is 4.79 Å². The summed E-state index contributed by atoms with van der Waals surface area (Å²) in [6.45, 7) is 0.228. The van der Waals surface area contributed by atoms with Gasteiger partial charge >= 0.3 is 0 Å². The summed E-state index contributed by atoms with van der Waals surface area (Å²) in [6, 6.07) is 5.28. The second-order valence-electron chi connectivity index (χ2n) is 3.83. The lowest BCUT2D eigenvalue weighted by Crippen LogP contribution is -2.24. The Hall–Kier alpha value is -1.85. The molecule has 2 rings (SSSR count). The summed E-state index contributed by atoms with van der Waals surface area (Å²) in [5.41, 5.74) is 0.882. The van der Waals surface area contributed by atoms with Crippen molar-refractivity contribution in [2.24, 2.45) is 0 Å². The molecule has 0 atom stereocenters. The third-order valence-electron chi connectivity index (χ3n) is 2.57. The number of benzene rings is 1. The van der Waals surface area contributed by atoms with E-state index in [1.54, 1.807) is 25.3 Å². The van der Waals surface area contributed by atoms with Gasteiger partial charge in [-0.15, -0.1) is 0 Å².